The van der Waals surface area contributed by atoms with Gasteiger partial charge in [-0.1, -0.05) is 30.3 Å². The van der Waals surface area contributed by atoms with Crippen molar-refractivity contribution in [1.29, 1.82) is 0 Å². The molecule has 0 aliphatic carbocycles. The molecule has 0 saturated carbocycles. The van der Waals surface area contributed by atoms with Crippen LogP contribution >= 0.6 is 0 Å². The van der Waals surface area contributed by atoms with Gasteiger partial charge in [0.15, 0.2) is 17.4 Å². The number of anilines is 4. The van der Waals surface area contributed by atoms with Gasteiger partial charge in [-0.3, -0.25) is 4.79 Å². The van der Waals surface area contributed by atoms with Gasteiger partial charge >= 0.3 is 0 Å². The van der Waals surface area contributed by atoms with E-state index in [0.717, 1.165) is 12.1 Å². The zero-order valence-corrected chi connectivity index (χ0v) is 21.5. The van der Waals surface area contributed by atoms with Crippen LogP contribution in [0, 0.1) is 17.6 Å². The van der Waals surface area contributed by atoms with Crippen molar-refractivity contribution in [3.8, 4) is 0 Å². The number of rotatable bonds is 8. The minimum Gasteiger partial charge on any atom is -0.340 e. The SMILES string of the molecule is O=C(c1ccccc1)C1CCN(S(=O)(=O)c2ccc(Nc3nccc(Nc4ccc(F)c(F)c4)n3)cc2)CC1. The van der Waals surface area contributed by atoms with Crippen LogP contribution in [0.1, 0.15) is 23.2 Å². The Morgan fingerprint density at radius 3 is 2.23 bits per heavy atom. The summed E-state index contributed by atoms with van der Waals surface area (Å²) in [5.41, 5.74) is 1.53. The third-order valence-corrected chi connectivity index (χ3v) is 8.39. The van der Waals surface area contributed by atoms with E-state index in [1.54, 1.807) is 30.3 Å². The maximum Gasteiger partial charge on any atom is 0.243 e. The molecule has 2 heterocycles. The van der Waals surface area contributed by atoms with Crippen LogP contribution in [0.25, 0.3) is 0 Å². The summed E-state index contributed by atoms with van der Waals surface area (Å²) in [7, 11) is -3.72. The van der Waals surface area contributed by atoms with Gasteiger partial charge in [-0.25, -0.2) is 22.2 Å². The third-order valence-electron chi connectivity index (χ3n) is 6.48. The summed E-state index contributed by atoms with van der Waals surface area (Å²) in [5.74, 6) is -1.49. The lowest BCUT2D eigenvalue weighted by atomic mass is 9.90. The van der Waals surface area contributed by atoms with Crippen molar-refractivity contribution in [2.45, 2.75) is 17.7 Å². The molecular weight excluding hydrogens is 524 g/mol. The number of hydrogen-bond donors (Lipinski definition) is 2. The third kappa shape index (κ3) is 6.10. The van der Waals surface area contributed by atoms with Crippen LogP contribution < -0.4 is 10.6 Å². The quantitative estimate of drug-likeness (QED) is 0.279. The van der Waals surface area contributed by atoms with Crippen LogP contribution in [0.4, 0.5) is 31.9 Å². The standard InChI is InChI=1S/C28H25F2N5O3S/c29-24-11-8-22(18-25(24)30)32-26-12-15-31-28(34-26)33-21-6-9-23(10-7-21)39(37,38)35-16-13-20(14-17-35)27(36)19-4-2-1-3-5-19/h1-12,15,18,20H,13-14,16-17H2,(H2,31,32,33,34). The Morgan fingerprint density at radius 1 is 0.846 bits per heavy atom. The number of carbonyl (C=O) groups is 1. The summed E-state index contributed by atoms with van der Waals surface area (Å²) in [6.07, 6.45) is 2.43. The van der Waals surface area contributed by atoms with Crippen LogP contribution in [-0.2, 0) is 10.0 Å². The molecule has 1 aliphatic heterocycles. The first-order valence-electron chi connectivity index (χ1n) is 12.3. The largest absolute Gasteiger partial charge is 0.340 e. The predicted molar refractivity (Wildman–Crippen MR) is 144 cm³/mol. The fraction of sp³-hybridized carbons (Fsp3) is 0.179. The van der Waals surface area contributed by atoms with E-state index in [2.05, 4.69) is 20.6 Å². The van der Waals surface area contributed by atoms with Gasteiger partial charge in [0.05, 0.1) is 4.90 Å². The lowest BCUT2D eigenvalue weighted by Gasteiger charge is -2.30. The van der Waals surface area contributed by atoms with E-state index in [-0.39, 0.29) is 35.6 Å². The van der Waals surface area contributed by atoms with Crippen LogP contribution in [-0.4, -0.2) is 41.6 Å². The Kier molecular flexibility index (Phi) is 7.62. The second-order valence-electron chi connectivity index (χ2n) is 9.08. The van der Waals surface area contributed by atoms with Crippen LogP contribution in [0.15, 0.2) is 90.0 Å². The molecule has 200 valence electrons. The van der Waals surface area contributed by atoms with Crippen molar-refractivity contribution in [3.05, 3.63) is 102 Å². The van der Waals surface area contributed by atoms with Crippen molar-refractivity contribution >= 4 is 38.9 Å². The van der Waals surface area contributed by atoms with Gasteiger partial charge in [-0.2, -0.15) is 9.29 Å². The summed E-state index contributed by atoms with van der Waals surface area (Å²) in [6.45, 7) is 0.550. The monoisotopic (exact) mass is 549 g/mol. The van der Waals surface area contributed by atoms with E-state index in [1.165, 1.54) is 28.7 Å². The second-order valence-corrected chi connectivity index (χ2v) is 11.0. The van der Waals surface area contributed by atoms with Gasteiger partial charge < -0.3 is 10.6 Å². The highest BCUT2D eigenvalue weighted by atomic mass is 32.2. The van der Waals surface area contributed by atoms with Gasteiger partial charge in [0.25, 0.3) is 0 Å². The van der Waals surface area contributed by atoms with E-state index in [1.807, 2.05) is 18.2 Å². The van der Waals surface area contributed by atoms with Crippen molar-refractivity contribution in [2.75, 3.05) is 23.7 Å². The molecule has 0 atom stereocenters. The first kappa shape index (κ1) is 26.4. The van der Waals surface area contributed by atoms with E-state index >= 15 is 0 Å². The van der Waals surface area contributed by atoms with Crippen molar-refractivity contribution in [3.63, 3.8) is 0 Å². The number of halogens is 2. The molecule has 39 heavy (non-hydrogen) atoms. The molecule has 3 aromatic carbocycles. The normalized spacial score (nSPS) is 14.6. The van der Waals surface area contributed by atoms with E-state index in [9.17, 15) is 22.0 Å². The van der Waals surface area contributed by atoms with E-state index in [4.69, 9.17) is 0 Å². The number of piperidine rings is 1. The zero-order valence-electron chi connectivity index (χ0n) is 20.7. The van der Waals surface area contributed by atoms with Crippen LogP contribution in [0.2, 0.25) is 0 Å². The molecule has 0 spiro atoms. The number of hydrogen-bond acceptors (Lipinski definition) is 7. The number of nitrogens with zero attached hydrogens (tertiary/aromatic N) is 3. The van der Waals surface area contributed by atoms with Gasteiger partial charge in [0.2, 0.25) is 16.0 Å². The molecule has 2 N–H and O–H groups in total. The molecular formula is C28H25F2N5O3S. The molecule has 5 rings (SSSR count). The number of aromatic nitrogens is 2. The Morgan fingerprint density at radius 2 is 1.54 bits per heavy atom. The van der Waals surface area contributed by atoms with Gasteiger partial charge in [0, 0.05) is 48.2 Å². The second kappa shape index (κ2) is 11.3. The minimum atomic E-state index is -3.72. The molecule has 1 aliphatic rings. The fourth-order valence-electron chi connectivity index (χ4n) is 4.40. The average molecular weight is 550 g/mol. The van der Waals surface area contributed by atoms with Gasteiger partial charge in [-0.05, 0) is 55.3 Å². The van der Waals surface area contributed by atoms with E-state index in [0.29, 0.717) is 35.6 Å². The minimum absolute atomic E-state index is 0.0504. The Balaban J connectivity index is 1.21. The van der Waals surface area contributed by atoms with Crippen molar-refractivity contribution in [1.82, 2.24) is 14.3 Å². The average Bonchev–Trinajstić information content (AvgIpc) is 2.96. The molecule has 11 heteroatoms. The molecule has 1 fully saturated rings. The first-order valence-corrected chi connectivity index (χ1v) is 13.8. The van der Waals surface area contributed by atoms with E-state index < -0.39 is 21.7 Å². The summed E-state index contributed by atoms with van der Waals surface area (Å²) < 4.78 is 54.5. The Labute approximate surface area is 224 Å². The maximum absolute atomic E-state index is 13.5. The fourth-order valence-corrected chi connectivity index (χ4v) is 5.86. The molecule has 0 radical (unpaired) electrons. The highest BCUT2D eigenvalue weighted by molar-refractivity contribution is 7.89. The molecule has 8 nitrogen and oxygen atoms in total. The number of nitrogens with one attached hydrogen (secondary N) is 2. The number of benzene rings is 3. The molecule has 0 amide bonds. The number of Topliss-reactive ketones (excluding diaryl/α,β-unsaturated/α-hetero) is 1. The first-order chi connectivity index (χ1) is 18.8. The lowest BCUT2D eigenvalue weighted by Crippen LogP contribution is -2.40. The smallest absolute Gasteiger partial charge is 0.243 e. The summed E-state index contributed by atoms with van der Waals surface area (Å²) >= 11 is 0. The molecule has 1 saturated heterocycles. The lowest BCUT2D eigenvalue weighted by molar-refractivity contribution is 0.0875. The summed E-state index contributed by atoms with van der Waals surface area (Å²) in [5, 5.41) is 5.88. The van der Waals surface area contributed by atoms with Crippen LogP contribution in [0.5, 0.6) is 0 Å². The number of ketones is 1. The number of carbonyl (C=O) groups excluding carboxylic acids is 1. The Hall–Kier alpha value is -4.22. The summed E-state index contributed by atoms with van der Waals surface area (Å²) in [6, 6.07) is 20.3. The van der Waals surface area contributed by atoms with Gasteiger partial charge in [-0.15, -0.1) is 0 Å². The van der Waals surface area contributed by atoms with Crippen LogP contribution in [0.3, 0.4) is 0 Å². The molecule has 0 unspecified atom stereocenters. The van der Waals surface area contributed by atoms with Crippen molar-refractivity contribution < 1.29 is 22.0 Å². The van der Waals surface area contributed by atoms with Gasteiger partial charge in [0.1, 0.15) is 5.82 Å². The molecule has 4 aromatic rings. The topological polar surface area (TPSA) is 104 Å². The highest BCUT2D eigenvalue weighted by Gasteiger charge is 2.32. The zero-order chi connectivity index (χ0) is 27.4. The highest BCUT2D eigenvalue weighted by Crippen LogP contribution is 2.27. The Bertz CT molecular complexity index is 1580. The predicted octanol–water partition coefficient (Wildman–Crippen LogP) is 5.53. The maximum atomic E-state index is 13.5. The number of sulfonamides is 1. The van der Waals surface area contributed by atoms with Crippen molar-refractivity contribution in [2.24, 2.45) is 5.92 Å². The summed E-state index contributed by atoms with van der Waals surface area (Å²) in [4.78, 5) is 21.3. The molecule has 0 bridgehead atoms. The molecule has 1 aromatic heterocycles.